The van der Waals surface area contributed by atoms with Crippen molar-refractivity contribution in [2.75, 3.05) is 36.4 Å². The lowest BCUT2D eigenvalue weighted by molar-refractivity contribution is -0.120. The van der Waals surface area contributed by atoms with E-state index in [2.05, 4.69) is 56.5 Å². The lowest BCUT2D eigenvalue weighted by atomic mass is 10.2. The second kappa shape index (κ2) is 8.60. The summed E-state index contributed by atoms with van der Waals surface area (Å²) in [7, 11) is 0. The second-order valence-corrected chi connectivity index (χ2v) is 7.74. The molecule has 7 heteroatoms. The fraction of sp³-hybridized carbons (Fsp3) is 0.526. The highest BCUT2D eigenvalue weighted by molar-refractivity contribution is 7.15. The van der Waals surface area contributed by atoms with Gasteiger partial charge in [0.15, 0.2) is 0 Å². The summed E-state index contributed by atoms with van der Waals surface area (Å²) in [6.45, 7) is 9.91. The summed E-state index contributed by atoms with van der Waals surface area (Å²) in [5.41, 5.74) is 2.60. The number of amides is 1. The minimum Gasteiger partial charge on any atom is -0.370 e. The Morgan fingerprint density at radius 2 is 2.04 bits per heavy atom. The summed E-state index contributed by atoms with van der Waals surface area (Å²) in [5.74, 6) is -0.00635. The number of para-hydroxylation sites is 1. The highest BCUT2D eigenvalue weighted by atomic mass is 32.1. The summed E-state index contributed by atoms with van der Waals surface area (Å²) >= 11 is 1.45. The average Bonchev–Trinajstić information content (AvgIpc) is 2.96. The van der Waals surface area contributed by atoms with Gasteiger partial charge in [0.2, 0.25) is 11.0 Å². The van der Waals surface area contributed by atoms with E-state index in [0.717, 1.165) is 44.0 Å². The van der Waals surface area contributed by atoms with Crippen LogP contribution in [-0.4, -0.2) is 53.2 Å². The Hall–Kier alpha value is -1.99. The molecule has 1 fully saturated rings. The maximum absolute atomic E-state index is 12.6. The predicted molar refractivity (Wildman–Crippen MR) is 107 cm³/mol. The van der Waals surface area contributed by atoms with Gasteiger partial charge in [-0.15, -0.1) is 10.2 Å². The van der Waals surface area contributed by atoms with Crippen LogP contribution in [0.3, 0.4) is 0 Å². The van der Waals surface area contributed by atoms with Crippen molar-refractivity contribution in [2.45, 2.75) is 39.7 Å². The highest BCUT2D eigenvalue weighted by Gasteiger charge is 2.25. The number of aryl methyl sites for hydroxylation is 2. The van der Waals surface area contributed by atoms with Gasteiger partial charge in [-0.25, -0.2) is 0 Å². The van der Waals surface area contributed by atoms with Gasteiger partial charge >= 0.3 is 0 Å². The van der Waals surface area contributed by atoms with Gasteiger partial charge in [0, 0.05) is 31.9 Å². The molecule has 26 heavy (non-hydrogen) atoms. The molecule has 0 spiro atoms. The number of benzene rings is 1. The number of aromatic nitrogens is 2. The molecule has 0 bridgehead atoms. The molecular weight excluding hydrogens is 346 g/mol. The van der Waals surface area contributed by atoms with Crippen molar-refractivity contribution in [1.29, 1.82) is 0 Å². The minimum atomic E-state index is -0.180. The Labute approximate surface area is 159 Å². The van der Waals surface area contributed by atoms with Crippen molar-refractivity contribution in [2.24, 2.45) is 0 Å². The number of nitrogens with zero attached hydrogens (tertiary/aromatic N) is 4. The van der Waals surface area contributed by atoms with Gasteiger partial charge in [0.1, 0.15) is 5.01 Å². The molecular formula is C19H27N5OS. The molecule has 1 aliphatic heterocycles. The van der Waals surface area contributed by atoms with Gasteiger partial charge in [-0.3, -0.25) is 15.0 Å². The van der Waals surface area contributed by atoms with E-state index in [1.54, 1.807) is 0 Å². The SMILES string of the molecule is CCc1nnc(NC(=O)[C@H](C)N2CCCN(c3ccccc3C)CC2)s1. The largest absolute Gasteiger partial charge is 0.370 e. The minimum absolute atomic E-state index is 0.00635. The normalized spacial score (nSPS) is 17.0. The molecule has 0 saturated carbocycles. The Balaban J connectivity index is 1.59. The molecule has 1 atom stereocenters. The summed E-state index contributed by atoms with van der Waals surface area (Å²) in [4.78, 5) is 17.3. The third kappa shape index (κ3) is 4.40. The number of carbonyl (C=O) groups is 1. The van der Waals surface area contributed by atoms with Crippen molar-refractivity contribution < 1.29 is 4.79 Å². The maximum atomic E-state index is 12.6. The van der Waals surface area contributed by atoms with E-state index >= 15 is 0 Å². The Morgan fingerprint density at radius 3 is 2.77 bits per heavy atom. The van der Waals surface area contributed by atoms with Crippen LogP contribution in [0.1, 0.15) is 30.8 Å². The number of anilines is 2. The molecule has 3 rings (SSSR count). The second-order valence-electron chi connectivity index (χ2n) is 6.68. The first-order chi connectivity index (χ1) is 12.6. The van der Waals surface area contributed by atoms with Crippen LogP contribution in [0.25, 0.3) is 0 Å². The van der Waals surface area contributed by atoms with E-state index in [1.165, 1.54) is 22.6 Å². The predicted octanol–water partition coefficient (Wildman–Crippen LogP) is 2.95. The molecule has 2 aromatic rings. The zero-order chi connectivity index (χ0) is 18.5. The van der Waals surface area contributed by atoms with Crippen LogP contribution in [0.4, 0.5) is 10.8 Å². The van der Waals surface area contributed by atoms with Crippen LogP contribution in [0.5, 0.6) is 0 Å². The van der Waals surface area contributed by atoms with Gasteiger partial charge in [-0.1, -0.05) is 36.5 Å². The van der Waals surface area contributed by atoms with Crippen molar-refractivity contribution in [3.05, 3.63) is 34.8 Å². The topological polar surface area (TPSA) is 61.4 Å². The summed E-state index contributed by atoms with van der Waals surface area (Å²) in [6, 6.07) is 8.32. The third-order valence-electron chi connectivity index (χ3n) is 4.91. The van der Waals surface area contributed by atoms with Crippen molar-refractivity contribution in [3.63, 3.8) is 0 Å². The number of hydrogen-bond acceptors (Lipinski definition) is 6. The number of carbonyl (C=O) groups excluding carboxylic acids is 1. The molecule has 6 nitrogen and oxygen atoms in total. The van der Waals surface area contributed by atoms with Crippen molar-refractivity contribution >= 4 is 28.1 Å². The Bertz CT molecular complexity index is 747. The van der Waals surface area contributed by atoms with Crippen molar-refractivity contribution in [1.82, 2.24) is 15.1 Å². The van der Waals surface area contributed by atoms with Crippen LogP contribution < -0.4 is 10.2 Å². The fourth-order valence-electron chi connectivity index (χ4n) is 3.31. The number of rotatable bonds is 5. The Kier molecular flexibility index (Phi) is 6.21. The Morgan fingerprint density at radius 1 is 1.23 bits per heavy atom. The summed E-state index contributed by atoms with van der Waals surface area (Å²) < 4.78 is 0. The number of hydrogen-bond donors (Lipinski definition) is 1. The summed E-state index contributed by atoms with van der Waals surface area (Å²) in [6.07, 6.45) is 1.88. The van der Waals surface area contributed by atoms with Gasteiger partial charge in [-0.2, -0.15) is 0 Å². The first kappa shape index (κ1) is 18.8. The molecule has 0 aliphatic carbocycles. The van der Waals surface area contributed by atoms with E-state index in [-0.39, 0.29) is 11.9 Å². The van der Waals surface area contributed by atoms with Gasteiger partial charge < -0.3 is 4.90 Å². The molecule has 0 unspecified atom stereocenters. The molecule has 0 radical (unpaired) electrons. The van der Waals surface area contributed by atoms with E-state index in [1.807, 2.05) is 13.8 Å². The number of nitrogens with one attached hydrogen (secondary N) is 1. The molecule has 2 heterocycles. The van der Waals surface area contributed by atoms with E-state index < -0.39 is 0 Å². The van der Waals surface area contributed by atoms with E-state index in [9.17, 15) is 4.79 Å². The van der Waals surface area contributed by atoms with Gasteiger partial charge in [-0.05, 0) is 38.3 Å². The molecule has 140 valence electrons. The molecule has 1 saturated heterocycles. The first-order valence-corrected chi connectivity index (χ1v) is 10.1. The zero-order valence-corrected chi connectivity index (χ0v) is 16.6. The lowest BCUT2D eigenvalue weighted by Crippen LogP contribution is -2.44. The van der Waals surface area contributed by atoms with Gasteiger partial charge in [0.05, 0.1) is 6.04 Å². The monoisotopic (exact) mass is 373 g/mol. The molecule has 1 aromatic heterocycles. The molecule has 1 amide bonds. The smallest absolute Gasteiger partial charge is 0.243 e. The maximum Gasteiger partial charge on any atom is 0.243 e. The highest BCUT2D eigenvalue weighted by Crippen LogP contribution is 2.22. The molecule has 1 aliphatic rings. The van der Waals surface area contributed by atoms with Crippen LogP contribution in [0.2, 0.25) is 0 Å². The quantitative estimate of drug-likeness (QED) is 0.873. The van der Waals surface area contributed by atoms with Crippen molar-refractivity contribution in [3.8, 4) is 0 Å². The van der Waals surface area contributed by atoms with E-state index in [0.29, 0.717) is 5.13 Å². The van der Waals surface area contributed by atoms with Crippen LogP contribution in [0, 0.1) is 6.92 Å². The van der Waals surface area contributed by atoms with Crippen LogP contribution >= 0.6 is 11.3 Å². The third-order valence-corrected chi connectivity index (χ3v) is 5.90. The lowest BCUT2D eigenvalue weighted by Gasteiger charge is -2.27. The first-order valence-electron chi connectivity index (χ1n) is 9.26. The van der Waals surface area contributed by atoms with Gasteiger partial charge in [0.25, 0.3) is 0 Å². The zero-order valence-electron chi connectivity index (χ0n) is 15.7. The molecule has 1 aromatic carbocycles. The van der Waals surface area contributed by atoms with E-state index in [4.69, 9.17) is 0 Å². The van der Waals surface area contributed by atoms with Crippen LogP contribution in [-0.2, 0) is 11.2 Å². The fourth-order valence-corrected chi connectivity index (χ4v) is 3.99. The molecule has 1 N–H and O–H groups in total. The van der Waals surface area contributed by atoms with Crippen LogP contribution in [0.15, 0.2) is 24.3 Å². The summed E-state index contributed by atoms with van der Waals surface area (Å²) in [5, 5.41) is 12.6. The standard InChI is InChI=1S/C19H27N5OS/c1-4-17-21-22-19(26-17)20-18(25)15(3)23-10-7-11-24(13-12-23)16-9-6-5-8-14(16)2/h5-6,8-9,15H,4,7,10-13H2,1-3H3,(H,20,22,25)/t15-/m0/s1. The average molecular weight is 374 g/mol.